The van der Waals surface area contributed by atoms with Gasteiger partial charge in [0.15, 0.2) is 0 Å². The van der Waals surface area contributed by atoms with Gasteiger partial charge in [-0.15, -0.1) is 0 Å². The second-order valence-corrected chi connectivity index (χ2v) is 6.45. The molecular formula is C13H19IO2. The largest absolute Gasteiger partial charge is 0.390 e. The molecule has 0 saturated heterocycles. The summed E-state index contributed by atoms with van der Waals surface area (Å²) in [5, 5.41) is 9.75. The van der Waals surface area contributed by atoms with Crippen LogP contribution in [0.3, 0.4) is 0 Å². The summed E-state index contributed by atoms with van der Waals surface area (Å²) >= 11 is 0.189. The van der Waals surface area contributed by atoms with E-state index in [2.05, 4.69) is 20.2 Å². The van der Waals surface area contributed by atoms with Crippen LogP contribution in [0.2, 0.25) is 0 Å². The van der Waals surface area contributed by atoms with Crippen LogP contribution in [-0.4, -0.2) is 27.9 Å². The highest BCUT2D eigenvalue weighted by molar-refractivity contribution is 14.2. The summed E-state index contributed by atoms with van der Waals surface area (Å²) in [6.07, 6.45) is 9.53. The van der Waals surface area contributed by atoms with Gasteiger partial charge in [0.05, 0.1) is 18.8 Å². The van der Waals surface area contributed by atoms with E-state index in [0.29, 0.717) is 0 Å². The summed E-state index contributed by atoms with van der Waals surface area (Å²) in [6, 6.07) is 0. The first-order valence-corrected chi connectivity index (χ1v) is 8.46. The van der Waals surface area contributed by atoms with E-state index in [4.69, 9.17) is 4.74 Å². The average Bonchev–Trinajstić information content (AvgIpc) is 2.33. The van der Waals surface area contributed by atoms with Gasteiger partial charge >= 0.3 is 0 Å². The Morgan fingerprint density at radius 3 is 3.00 bits per heavy atom. The van der Waals surface area contributed by atoms with E-state index in [1.165, 1.54) is 12.0 Å². The molecule has 1 aliphatic carbocycles. The lowest BCUT2D eigenvalue weighted by molar-refractivity contribution is -0.0574. The maximum Gasteiger partial charge on any atom is 0.0834 e. The first kappa shape index (κ1) is 12.5. The highest BCUT2D eigenvalue weighted by Crippen LogP contribution is 2.22. The monoisotopic (exact) mass is 334 g/mol. The summed E-state index contributed by atoms with van der Waals surface area (Å²) < 4.78 is 10.3. The van der Waals surface area contributed by atoms with Crippen molar-refractivity contribution in [2.24, 2.45) is 0 Å². The Hall–Kier alpha value is -0.0000000000000000555. The first-order valence-electron chi connectivity index (χ1n) is 5.97. The summed E-state index contributed by atoms with van der Waals surface area (Å²) in [5.41, 5.74) is 1.36. The van der Waals surface area contributed by atoms with Gasteiger partial charge in [0.25, 0.3) is 0 Å². The highest BCUT2D eigenvalue weighted by Gasteiger charge is 2.23. The number of hydrogen-bond donors (Lipinski definition) is 1. The second kappa shape index (κ2) is 6.67. The molecule has 90 valence electrons. The second-order valence-electron chi connectivity index (χ2n) is 4.30. The lowest BCUT2D eigenvalue weighted by atomic mass is 9.95. The number of ether oxygens (including phenoxy) is 1. The van der Waals surface area contributed by atoms with Crippen LogP contribution in [0.25, 0.3) is 0 Å². The normalized spacial score (nSPS) is 29.7. The molecule has 1 heterocycles. The van der Waals surface area contributed by atoms with Crippen molar-refractivity contribution in [2.75, 3.05) is 6.61 Å². The number of aliphatic hydroxyl groups excluding tert-OH is 1. The summed E-state index contributed by atoms with van der Waals surface area (Å²) in [5.74, 6) is 0. The smallest absolute Gasteiger partial charge is 0.0834 e. The van der Waals surface area contributed by atoms with Crippen molar-refractivity contribution < 1.29 is 9.84 Å². The zero-order valence-electron chi connectivity index (χ0n) is 9.44. The van der Waals surface area contributed by atoms with E-state index in [9.17, 15) is 5.11 Å². The van der Waals surface area contributed by atoms with Crippen LogP contribution >= 0.6 is 20.7 Å². The molecule has 2 aliphatic rings. The predicted octanol–water partition coefficient (Wildman–Crippen LogP) is 2.92. The molecule has 0 bridgehead atoms. The van der Waals surface area contributed by atoms with E-state index in [1.54, 1.807) is 0 Å². The highest BCUT2D eigenvalue weighted by atomic mass is 127. The number of halogens is 1. The summed E-state index contributed by atoms with van der Waals surface area (Å²) in [6.45, 7) is 0.740. The molecule has 2 atom stereocenters. The number of allylic oxidation sites excluding steroid dienone is 2. The molecule has 0 unspecified atom stereocenters. The van der Waals surface area contributed by atoms with E-state index < -0.39 is 0 Å². The van der Waals surface area contributed by atoms with Crippen LogP contribution in [-0.2, 0) is 4.74 Å². The Morgan fingerprint density at radius 2 is 2.25 bits per heavy atom. The quantitative estimate of drug-likeness (QED) is 0.801. The molecule has 0 radical (unpaired) electrons. The molecule has 2 nitrogen and oxygen atoms in total. The molecule has 1 fully saturated rings. The molecule has 2 rings (SSSR count). The minimum atomic E-state index is -0.234. The Bertz CT molecular complexity index is 307. The molecule has 1 N–H and O–H groups in total. The van der Waals surface area contributed by atoms with Crippen molar-refractivity contribution in [3.63, 3.8) is 0 Å². The van der Waals surface area contributed by atoms with E-state index in [1.807, 2.05) is 0 Å². The van der Waals surface area contributed by atoms with Gasteiger partial charge in [-0.1, -0.05) is 45.7 Å². The number of rotatable bonds is 4. The number of aliphatic hydroxyl groups is 1. The van der Waals surface area contributed by atoms with Crippen molar-refractivity contribution >= 4 is 24.7 Å². The van der Waals surface area contributed by atoms with E-state index in [0.717, 1.165) is 32.3 Å². The third-order valence-corrected chi connectivity index (χ3v) is 4.64. The zero-order valence-corrected chi connectivity index (χ0v) is 11.6. The standard InChI is InChI=1S/C13H19IO2/c15-12-3-1-2-4-13(12)16-10-7-11-5-8-14-9-6-11/h5-6,8-9,12-13,15H,1-4,7,10H2/t12-,13+/m0/s1. The zero-order chi connectivity index (χ0) is 11.2. The Kier molecular flexibility index (Phi) is 5.19. The molecule has 0 amide bonds. The van der Waals surface area contributed by atoms with Gasteiger partial charge in [-0.25, -0.2) is 0 Å². The lowest BCUT2D eigenvalue weighted by Crippen LogP contribution is -2.32. The molecule has 1 aliphatic heterocycles. The van der Waals surface area contributed by atoms with Crippen LogP contribution in [0.1, 0.15) is 32.1 Å². The maximum absolute atomic E-state index is 9.75. The minimum Gasteiger partial charge on any atom is -0.390 e. The molecule has 1 saturated carbocycles. The molecule has 0 aromatic rings. The fourth-order valence-corrected chi connectivity index (χ4v) is 3.68. The Labute approximate surface area is 107 Å². The average molecular weight is 334 g/mol. The predicted molar refractivity (Wildman–Crippen MR) is 76.1 cm³/mol. The van der Waals surface area contributed by atoms with Gasteiger partial charge in [-0.05, 0) is 32.9 Å². The molecule has 0 spiro atoms. The van der Waals surface area contributed by atoms with Gasteiger partial charge in [-0.2, -0.15) is 0 Å². The van der Waals surface area contributed by atoms with Gasteiger partial charge in [0.2, 0.25) is 0 Å². The fourth-order valence-electron chi connectivity index (χ4n) is 2.10. The van der Waals surface area contributed by atoms with Crippen molar-refractivity contribution in [1.82, 2.24) is 0 Å². The summed E-state index contributed by atoms with van der Waals surface area (Å²) in [7, 11) is 0. The van der Waals surface area contributed by atoms with Gasteiger partial charge in [0.1, 0.15) is 0 Å². The molecule has 0 aromatic carbocycles. The third-order valence-electron chi connectivity index (χ3n) is 3.09. The fraction of sp³-hybridized carbons (Fsp3) is 0.615. The molecular weight excluding hydrogens is 315 g/mol. The first-order chi connectivity index (χ1) is 7.86. The number of hydrogen-bond acceptors (Lipinski definition) is 2. The van der Waals surface area contributed by atoms with E-state index >= 15 is 0 Å². The molecule has 0 aromatic heterocycles. The van der Waals surface area contributed by atoms with Gasteiger partial charge in [0, 0.05) is 0 Å². The molecule has 16 heavy (non-hydrogen) atoms. The van der Waals surface area contributed by atoms with Crippen molar-refractivity contribution in [3.05, 3.63) is 21.8 Å². The van der Waals surface area contributed by atoms with Crippen molar-refractivity contribution in [2.45, 2.75) is 44.3 Å². The summed E-state index contributed by atoms with van der Waals surface area (Å²) in [4.78, 5) is 0. The van der Waals surface area contributed by atoms with Crippen LogP contribution in [0.4, 0.5) is 0 Å². The van der Waals surface area contributed by atoms with Crippen LogP contribution in [0.15, 0.2) is 21.8 Å². The Balaban J connectivity index is 1.69. The lowest BCUT2D eigenvalue weighted by Gasteiger charge is -2.27. The third kappa shape index (κ3) is 3.79. The SMILES string of the molecule is O[C@H]1CCCC[C@H]1OCCC1=CC=IC=C1. The van der Waals surface area contributed by atoms with Gasteiger partial charge < -0.3 is 9.84 Å². The van der Waals surface area contributed by atoms with Crippen LogP contribution in [0.5, 0.6) is 0 Å². The van der Waals surface area contributed by atoms with Crippen LogP contribution in [0, 0.1) is 0 Å². The topological polar surface area (TPSA) is 29.5 Å². The van der Waals surface area contributed by atoms with Crippen molar-refractivity contribution in [1.29, 1.82) is 0 Å². The molecule has 3 heteroatoms. The van der Waals surface area contributed by atoms with Crippen LogP contribution < -0.4 is 0 Å². The van der Waals surface area contributed by atoms with E-state index in [-0.39, 0.29) is 32.9 Å². The Morgan fingerprint density at radius 1 is 1.38 bits per heavy atom. The maximum atomic E-state index is 9.75. The van der Waals surface area contributed by atoms with Crippen molar-refractivity contribution in [3.8, 4) is 0 Å². The van der Waals surface area contributed by atoms with Gasteiger partial charge in [-0.3, -0.25) is 0 Å². The minimum absolute atomic E-state index is 0.0818.